The van der Waals surface area contributed by atoms with Crippen LogP contribution < -0.4 is 15.6 Å². The zero-order valence-corrected chi connectivity index (χ0v) is 15.8. The smallest absolute Gasteiger partial charge is 0.271 e. The van der Waals surface area contributed by atoms with Crippen molar-refractivity contribution >= 4 is 27.5 Å². The second-order valence-electron chi connectivity index (χ2n) is 6.02. The maximum absolute atomic E-state index is 12.6. The number of nitrogens with zero attached hydrogens (tertiary/aromatic N) is 3. The van der Waals surface area contributed by atoms with Gasteiger partial charge in [-0.05, 0) is 23.6 Å². The van der Waals surface area contributed by atoms with Crippen molar-refractivity contribution in [3.63, 3.8) is 0 Å². The number of H-pyrrole nitrogens is 1. The number of aromatic amines is 1. The molecule has 0 saturated carbocycles. The van der Waals surface area contributed by atoms with Crippen molar-refractivity contribution in [1.29, 1.82) is 0 Å². The molecule has 2 N–H and O–H groups in total. The van der Waals surface area contributed by atoms with Gasteiger partial charge in [0.2, 0.25) is 0 Å². The molecule has 0 fully saturated rings. The molecule has 4 rings (SSSR count). The summed E-state index contributed by atoms with van der Waals surface area (Å²) in [6.45, 7) is 0.623. The molecular weight excluding hydrogens is 378 g/mol. The Hall–Kier alpha value is -3.46. The van der Waals surface area contributed by atoms with Crippen LogP contribution in [0.1, 0.15) is 10.4 Å². The first-order valence-electron chi connectivity index (χ1n) is 8.56. The van der Waals surface area contributed by atoms with Crippen LogP contribution in [-0.2, 0) is 6.54 Å². The van der Waals surface area contributed by atoms with Gasteiger partial charge in [-0.15, -0.1) is 11.3 Å². The molecule has 3 aromatic heterocycles. The van der Waals surface area contributed by atoms with Gasteiger partial charge in [-0.2, -0.15) is 5.10 Å². The van der Waals surface area contributed by atoms with Crippen molar-refractivity contribution in [2.24, 2.45) is 0 Å². The van der Waals surface area contributed by atoms with E-state index in [2.05, 4.69) is 20.5 Å². The highest BCUT2D eigenvalue weighted by Crippen LogP contribution is 2.24. The van der Waals surface area contributed by atoms with Crippen LogP contribution in [0.15, 0.2) is 53.0 Å². The molecule has 0 atom stereocenters. The van der Waals surface area contributed by atoms with Crippen LogP contribution in [0.25, 0.3) is 21.5 Å². The average molecular weight is 395 g/mol. The van der Waals surface area contributed by atoms with Crippen LogP contribution >= 0.6 is 11.3 Å². The van der Waals surface area contributed by atoms with Gasteiger partial charge in [0.25, 0.3) is 11.5 Å². The normalized spacial score (nSPS) is 10.9. The van der Waals surface area contributed by atoms with Gasteiger partial charge < -0.3 is 10.1 Å². The second kappa shape index (κ2) is 7.65. The van der Waals surface area contributed by atoms with E-state index in [1.807, 2.05) is 35.7 Å². The highest BCUT2D eigenvalue weighted by molar-refractivity contribution is 7.17. The van der Waals surface area contributed by atoms with E-state index in [0.29, 0.717) is 40.3 Å². The molecule has 1 amide bonds. The summed E-state index contributed by atoms with van der Waals surface area (Å²) in [6.07, 6.45) is 2.98. The van der Waals surface area contributed by atoms with Crippen LogP contribution in [0.2, 0.25) is 0 Å². The summed E-state index contributed by atoms with van der Waals surface area (Å²) in [5.74, 6) is 0.416. The Morgan fingerprint density at radius 2 is 2.25 bits per heavy atom. The van der Waals surface area contributed by atoms with Gasteiger partial charge in [-0.25, -0.2) is 4.98 Å². The Labute approximate surface area is 163 Å². The number of aromatic nitrogens is 4. The number of carbonyl (C=O) groups excluding carboxylic acids is 1. The molecule has 142 valence electrons. The van der Waals surface area contributed by atoms with Gasteiger partial charge in [0.1, 0.15) is 10.4 Å². The predicted molar refractivity (Wildman–Crippen MR) is 107 cm³/mol. The Bertz CT molecular complexity index is 1190. The number of benzene rings is 1. The third-order valence-electron chi connectivity index (χ3n) is 4.32. The number of thiophene rings is 1. The minimum Gasteiger partial charge on any atom is -0.497 e. The van der Waals surface area contributed by atoms with Crippen molar-refractivity contribution in [1.82, 2.24) is 25.1 Å². The summed E-state index contributed by atoms with van der Waals surface area (Å²) in [5.41, 5.74) is 2.42. The van der Waals surface area contributed by atoms with Gasteiger partial charge in [-0.1, -0.05) is 12.1 Å². The Kier molecular flexibility index (Phi) is 4.90. The number of carbonyl (C=O) groups is 1. The lowest BCUT2D eigenvalue weighted by atomic mass is 10.1. The van der Waals surface area contributed by atoms with Crippen LogP contribution in [0, 0.1) is 0 Å². The molecule has 0 spiro atoms. The average Bonchev–Trinajstić information content (AvgIpc) is 3.39. The number of methoxy groups -OCH3 is 1. The molecule has 9 heteroatoms. The SMILES string of the molecule is COc1cccc(-c2[nH]ncc2C(=O)NCCn2cnc3ccsc3c2=O)c1. The van der Waals surface area contributed by atoms with E-state index in [4.69, 9.17) is 4.74 Å². The number of amides is 1. The summed E-state index contributed by atoms with van der Waals surface area (Å²) in [5, 5.41) is 11.5. The molecule has 0 aliphatic heterocycles. The minimum atomic E-state index is -0.273. The number of nitrogens with one attached hydrogen (secondary N) is 2. The van der Waals surface area contributed by atoms with E-state index in [1.165, 1.54) is 28.4 Å². The van der Waals surface area contributed by atoms with E-state index in [-0.39, 0.29) is 11.5 Å². The summed E-state index contributed by atoms with van der Waals surface area (Å²) in [6, 6.07) is 9.18. The quantitative estimate of drug-likeness (QED) is 0.522. The topological polar surface area (TPSA) is 102 Å². The molecule has 3 heterocycles. The van der Waals surface area contributed by atoms with Gasteiger partial charge >= 0.3 is 0 Å². The highest BCUT2D eigenvalue weighted by Gasteiger charge is 2.15. The third kappa shape index (κ3) is 3.39. The predicted octanol–water partition coefficient (Wildman–Crippen LogP) is 2.29. The molecule has 28 heavy (non-hydrogen) atoms. The molecule has 1 aromatic carbocycles. The molecule has 0 bridgehead atoms. The van der Waals surface area contributed by atoms with Crippen molar-refractivity contribution < 1.29 is 9.53 Å². The fourth-order valence-corrected chi connectivity index (χ4v) is 3.67. The molecule has 0 unspecified atom stereocenters. The maximum atomic E-state index is 12.6. The fourth-order valence-electron chi connectivity index (χ4n) is 2.88. The Morgan fingerprint density at radius 1 is 1.36 bits per heavy atom. The molecule has 0 aliphatic carbocycles. The third-order valence-corrected chi connectivity index (χ3v) is 5.21. The van der Waals surface area contributed by atoms with Gasteiger partial charge in [-0.3, -0.25) is 19.3 Å². The lowest BCUT2D eigenvalue weighted by Crippen LogP contribution is -2.30. The fraction of sp³-hybridized carbons (Fsp3) is 0.158. The molecule has 8 nitrogen and oxygen atoms in total. The van der Waals surface area contributed by atoms with Crippen LogP contribution in [0.5, 0.6) is 5.75 Å². The number of rotatable bonds is 6. The van der Waals surface area contributed by atoms with E-state index >= 15 is 0 Å². The zero-order valence-electron chi connectivity index (χ0n) is 15.0. The van der Waals surface area contributed by atoms with Crippen molar-refractivity contribution in [2.45, 2.75) is 6.54 Å². The molecule has 0 saturated heterocycles. The number of hydrogen-bond acceptors (Lipinski definition) is 6. The largest absolute Gasteiger partial charge is 0.497 e. The van der Waals surface area contributed by atoms with Crippen molar-refractivity contribution in [3.05, 3.63) is 64.2 Å². The molecular formula is C19H17N5O3S. The van der Waals surface area contributed by atoms with Gasteiger partial charge in [0.05, 0.1) is 36.4 Å². The van der Waals surface area contributed by atoms with E-state index in [0.717, 1.165) is 5.56 Å². The lowest BCUT2D eigenvalue weighted by molar-refractivity contribution is 0.0953. The molecule has 0 aliphatic rings. The summed E-state index contributed by atoms with van der Waals surface area (Å²) >= 11 is 1.36. The van der Waals surface area contributed by atoms with Crippen molar-refractivity contribution in [2.75, 3.05) is 13.7 Å². The van der Waals surface area contributed by atoms with Gasteiger partial charge in [0.15, 0.2) is 0 Å². The van der Waals surface area contributed by atoms with Crippen LogP contribution in [0.4, 0.5) is 0 Å². The van der Waals surface area contributed by atoms with E-state index < -0.39 is 0 Å². The lowest BCUT2D eigenvalue weighted by Gasteiger charge is -2.08. The monoisotopic (exact) mass is 395 g/mol. The highest BCUT2D eigenvalue weighted by atomic mass is 32.1. The first-order valence-corrected chi connectivity index (χ1v) is 9.44. The Morgan fingerprint density at radius 3 is 3.11 bits per heavy atom. The minimum absolute atomic E-state index is 0.102. The Balaban J connectivity index is 1.46. The first-order chi connectivity index (χ1) is 13.7. The number of fused-ring (bicyclic) bond motifs is 1. The number of hydrogen-bond donors (Lipinski definition) is 2. The summed E-state index contributed by atoms with van der Waals surface area (Å²) in [4.78, 5) is 29.2. The van der Waals surface area contributed by atoms with Crippen molar-refractivity contribution in [3.8, 4) is 17.0 Å². The molecule has 4 aromatic rings. The summed E-state index contributed by atoms with van der Waals surface area (Å²) in [7, 11) is 1.59. The number of ether oxygens (including phenoxy) is 1. The van der Waals surface area contributed by atoms with Crippen LogP contribution in [0.3, 0.4) is 0 Å². The van der Waals surface area contributed by atoms with Gasteiger partial charge in [0, 0.05) is 18.7 Å². The van der Waals surface area contributed by atoms with Crippen LogP contribution in [-0.4, -0.2) is 39.3 Å². The van der Waals surface area contributed by atoms with E-state index in [9.17, 15) is 9.59 Å². The second-order valence-corrected chi connectivity index (χ2v) is 6.94. The maximum Gasteiger partial charge on any atom is 0.271 e. The first kappa shape index (κ1) is 17.9. The standard InChI is InChI=1S/C19H17N5O3S/c1-27-13-4-2-3-12(9-13)16-14(10-22-23-16)18(25)20-6-7-24-11-21-15-5-8-28-17(15)19(24)26/h2-5,8-11H,6-7H2,1H3,(H,20,25)(H,22,23). The zero-order chi connectivity index (χ0) is 19.5. The van der Waals surface area contributed by atoms with E-state index in [1.54, 1.807) is 7.11 Å². The summed E-state index contributed by atoms with van der Waals surface area (Å²) < 4.78 is 7.34. The molecule has 0 radical (unpaired) electrons.